The van der Waals surface area contributed by atoms with Crippen LogP contribution in [0.25, 0.3) is 0 Å². The summed E-state index contributed by atoms with van der Waals surface area (Å²) < 4.78 is 5.70. The Morgan fingerprint density at radius 1 is 0.955 bits per heavy atom. The number of hydrogen-bond acceptors (Lipinski definition) is 1. The van der Waals surface area contributed by atoms with Gasteiger partial charge in [0.15, 0.2) is 0 Å². The second-order valence-corrected chi connectivity index (χ2v) is 7.09. The minimum atomic E-state index is 0.577. The highest BCUT2D eigenvalue weighted by atomic mass is 16.3. The Balaban J connectivity index is 1.56. The van der Waals surface area contributed by atoms with Crippen molar-refractivity contribution in [3.63, 3.8) is 0 Å². The average molecular weight is 298 g/mol. The van der Waals surface area contributed by atoms with Crippen molar-refractivity contribution in [1.29, 1.82) is 0 Å². The van der Waals surface area contributed by atoms with E-state index in [1.807, 2.05) is 12.3 Å². The molecule has 118 valence electrons. The number of quaternary nitrogens is 1. The van der Waals surface area contributed by atoms with Crippen LogP contribution in [-0.2, 0) is 13.1 Å². The lowest BCUT2D eigenvalue weighted by atomic mass is 9.93. The molecule has 1 aliphatic rings. The maximum Gasteiger partial charge on any atom is 0.107 e. The molecular weight excluding hydrogens is 270 g/mol. The minimum Gasteiger partial charge on any atom is -0.469 e. The fourth-order valence-electron chi connectivity index (χ4n) is 3.55. The molecule has 0 unspecified atom stereocenters. The van der Waals surface area contributed by atoms with Crippen LogP contribution in [0.4, 0.5) is 0 Å². The summed E-state index contributed by atoms with van der Waals surface area (Å²) in [5.74, 6) is 2.52. The van der Waals surface area contributed by atoms with Gasteiger partial charge in [-0.3, -0.25) is 0 Å². The van der Waals surface area contributed by atoms with Gasteiger partial charge < -0.3 is 9.32 Å². The number of hydrogen-bond donors (Lipinski definition) is 1. The average Bonchev–Trinajstić information content (AvgIpc) is 3.15. The van der Waals surface area contributed by atoms with Crippen molar-refractivity contribution in [2.75, 3.05) is 6.54 Å². The molecule has 0 radical (unpaired) electrons. The van der Waals surface area contributed by atoms with Gasteiger partial charge in [0.2, 0.25) is 0 Å². The second kappa shape index (κ2) is 7.15. The van der Waals surface area contributed by atoms with Crippen LogP contribution in [0.5, 0.6) is 0 Å². The van der Waals surface area contributed by atoms with Gasteiger partial charge in [0.1, 0.15) is 18.8 Å². The third-order valence-electron chi connectivity index (χ3n) is 4.88. The highest BCUT2D eigenvalue weighted by molar-refractivity contribution is 5.27. The summed E-state index contributed by atoms with van der Waals surface area (Å²) in [6.07, 6.45) is 5.56. The molecule has 1 aromatic heterocycles. The van der Waals surface area contributed by atoms with E-state index in [1.165, 1.54) is 55.8 Å². The first-order chi connectivity index (χ1) is 10.7. The van der Waals surface area contributed by atoms with E-state index in [0.717, 1.165) is 5.92 Å². The van der Waals surface area contributed by atoms with Crippen LogP contribution in [0.3, 0.4) is 0 Å². The predicted octanol–water partition coefficient (Wildman–Crippen LogP) is 3.79. The van der Waals surface area contributed by atoms with E-state index in [4.69, 9.17) is 4.42 Å². The predicted molar refractivity (Wildman–Crippen MR) is 89.8 cm³/mol. The lowest BCUT2D eigenvalue weighted by Gasteiger charge is -2.18. The fraction of sp³-hybridized carbons (Fsp3) is 0.500. The molecule has 0 aliphatic carbocycles. The quantitative estimate of drug-likeness (QED) is 0.823. The van der Waals surface area contributed by atoms with Crippen LogP contribution in [0.1, 0.15) is 55.9 Å². The van der Waals surface area contributed by atoms with Crippen molar-refractivity contribution in [3.05, 3.63) is 59.5 Å². The molecule has 0 spiro atoms. The lowest BCUT2D eigenvalue weighted by Crippen LogP contribution is -3.07. The fourth-order valence-corrected chi connectivity index (χ4v) is 3.55. The molecule has 1 atom stereocenters. The maximum absolute atomic E-state index is 5.70. The molecule has 1 N–H and O–H groups in total. The molecule has 0 bridgehead atoms. The molecule has 1 aromatic carbocycles. The molecule has 2 heterocycles. The van der Waals surface area contributed by atoms with Crippen molar-refractivity contribution in [2.45, 2.75) is 52.1 Å². The van der Waals surface area contributed by atoms with Gasteiger partial charge in [-0.25, -0.2) is 0 Å². The second-order valence-electron chi connectivity index (χ2n) is 7.09. The van der Waals surface area contributed by atoms with Gasteiger partial charge in [-0.2, -0.15) is 0 Å². The van der Waals surface area contributed by atoms with Crippen LogP contribution in [0.15, 0.2) is 47.1 Å². The van der Waals surface area contributed by atoms with Crippen LogP contribution >= 0.6 is 0 Å². The van der Waals surface area contributed by atoms with Crippen LogP contribution < -0.4 is 4.90 Å². The highest BCUT2D eigenvalue weighted by Crippen LogP contribution is 2.26. The molecule has 3 rings (SSSR count). The van der Waals surface area contributed by atoms with Crippen LogP contribution in [0, 0.1) is 5.92 Å². The van der Waals surface area contributed by atoms with Gasteiger partial charge in [-0.05, 0) is 24.5 Å². The molecule has 0 fully saturated rings. The van der Waals surface area contributed by atoms with E-state index >= 15 is 0 Å². The van der Waals surface area contributed by atoms with E-state index in [2.05, 4.69) is 44.2 Å². The first-order valence-corrected chi connectivity index (χ1v) is 8.66. The molecule has 2 nitrogen and oxygen atoms in total. The number of fused-ring (bicyclic) bond motifs is 1. The van der Waals surface area contributed by atoms with Gasteiger partial charge in [0.05, 0.1) is 12.8 Å². The van der Waals surface area contributed by atoms with Crippen LogP contribution in [-0.4, -0.2) is 6.54 Å². The largest absolute Gasteiger partial charge is 0.469 e. The molecule has 0 saturated heterocycles. The SMILES string of the molecule is CC(C)CC[C@H](CC[NH+]1Cc2ccccc2C1)c1ccco1. The van der Waals surface area contributed by atoms with Crippen molar-refractivity contribution < 1.29 is 9.32 Å². The normalized spacial score (nSPS) is 16.1. The molecule has 0 saturated carbocycles. The third kappa shape index (κ3) is 3.80. The Morgan fingerprint density at radius 3 is 2.27 bits per heavy atom. The first-order valence-electron chi connectivity index (χ1n) is 8.66. The van der Waals surface area contributed by atoms with E-state index in [-0.39, 0.29) is 0 Å². The minimum absolute atomic E-state index is 0.577. The molecular formula is C20H28NO+. The van der Waals surface area contributed by atoms with Gasteiger partial charge in [-0.15, -0.1) is 0 Å². The Hall–Kier alpha value is -1.54. The van der Waals surface area contributed by atoms with E-state index in [1.54, 1.807) is 4.90 Å². The Morgan fingerprint density at radius 2 is 1.68 bits per heavy atom. The van der Waals surface area contributed by atoms with Gasteiger partial charge >= 0.3 is 0 Å². The van der Waals surface area contributed by atoms with Crippen molar-refractivity contribution in [3.8, 4) is 0 Å². The Labute approximate surface area is 134 Å². The third-order valence-corrected chi connectivity index (χ3v) is 4.88. The Kier molecular flexibility index (Phi) is 4.99. The smallest absolute Gasteiger partial charge is 0.107 e. The molecule has 1 aliphatic heterocycles. The maximum atomic E-state index is 5.70. The van der Waals surface area contributed by atoms with E-state index in [0.29, 0.717) is 5.92 Å². The summed E-state index contributed by atoms with van der Waals surface area (Å²) in [5, 5.41) is 0. The van der Waals surface area contributed by atoms with Crippen molar-refractivity contribution in [1.82, 2.24) is 0 Å². The zero-order valence-corrected chi connectivity index (χ0v) is 13.8. The van der Waals surface area contributed by atoms with Crippen LogP contribution in [0.2, 0.25) is 0 Å². The van der Waals surface area contributed by atoms with Crippen molar-refractivity contribution in [2.24, 2.45) is 5.92 Å². The lowest BCUT2D eigenvalue weighted by molar-refractivity contribution is -0.921. The highest BCUT2D eigenvalue weighted by Gasteiger charge is 2.24. The number of benzene rings is 1. The standard InChI is InChI=1S/C20H27NO/c1-16(2)9-10-17(20-8-5-13-22-20)11-12-21-14-18-6-3-4-7-19(18)15-21/h3-8,13,16-17H,9-12,14-15H2,1-2H3/p+1/t17-/m1/s1. The molecule has 0 amide bonds. The monoisotopic (exact) mass is 298 g/mol. The summed E-state index contributed by atoms with van der Waals surface area (Å²) in [6.45, 7) is 8.22. The van der Waals surface area contributed by atoms with Gasteiger partial charge in [0, 0.05) is 23.5 Å². The summed E-state index contributed by atoms with van der Waals surface area (Å²) in [4.78, 5) is 1.70. The number of nitrogens with one attached hydrogen (secondary N) is 1. The summed E-state index contributed by atoms with van der Waals surface area (Å²) in [6, 6.07) is 13.1. The van der Waals surface area contributed by atoms with E-state index in [9.17, 15) is 0 Å². The van der Waals surface area contributed by atoms with Gasteiger partial charge in [-0.1, -0.05) is 44.5 Å². The van der Waals surface area contributed by atoms with E-state index < -0.39 is 0 Å². The zero-order chi connectivity index (χ0) is 15.4. The molecule has 22 heavy (non-hydrogen) atoms. The summed E-state index contributed by atoms with van der Waals surface area (Å²) in [7, 11) is 0. The molecule has 2 heteroatoms. The van der Waals surface area contributed by atoms with Crippen molar-refractivity contribution >= 4 is 0 Å². The Bertz CT molecular complexity index is 548. The van der Waals surface area contributed by atoms with Gasteiger partial charge in [0.25, 0.3) is 0 Å². The zero-order valence-electron chi connectivity index (χ0n) is 13.8. The number of rotatable bonds is 7. The summed E-state index contributed by atoms with van der Waals surface area (Å²) in [5.41, 5.74) is 3.07. The number of furan rings is 1. The first kappa shape index (κ1) is 15.4. The molecule has 2 aromatic rings. The summed E-state index contributed by atoms with van der Waals surface area (Å²) >= 11 is 0. The topological polar surface area (TPSA) is 17.6 Å².